The molecule has 0 spiro atoms. The van der Waals surface area contributed by atoms with Gasteiger partial charge in [0.15, 0.2) is 0 Å². The molecule has 2 aromatic carbocycles. The zero-order valence-electron chi connectivity index (χ0n) is 14.7. The number of aliphatic carboxylic acids is 1. The van der Waals surface area contributed by atoms with Gasteiger partial charge < -0.3 is 19.8 Å². The number of hydrogen-bond acceptors (Lipinski definition) is 4. The van der Waals surface area contributed by atoms with Crippen molar-refractivity contribution < 1.29 is 28.7 Å². The summed E-state index contributed by atoms with van der Waals surface area (Å²) in [5.41, 5.74) is 0.311. The van der Waals surface area contributed by atoms with Gasteiger partial charge in [0, 0.05) is 18.5 Å². The summed E-state index contributed by atoms with van der Waals surface area (Å²) < 4.78 is 17.6. The van der Waals surface area contributed by atoms with Gasteiger partial charge in [-0.3, -0.25) is 9.59 Å². The van der Waals surface area contributed by atoms with Crippen LogP contribution in [0.5, 0.6) is 5.75 Å². The highest BCUT2D eigenvalue weighted by molar-refractivity contribution is 7.61. The zero-order valence-corrected chi connectivity index (χ0v) is 15.6. The van der Waals surface area contributed by atoms with Gasteiger partial charge in [0.1, 0.15) is 5.75 Å². The molecule has 0 saturated heterocycles. The lowest BCUT2D eigenvalue weighted by Gasteiger charge is -2.14. The fraction of sp³-hybridized carbons (Fsp3) is 0.263. The predicted octanol–water partition coefficient (Wildman–Crippen LogP) is 2.95. The fourth-order valence-corrected chi connectivity index (χ4v) is 3.44. The van der Waals surface area contributed by atoms with E-state index < -0.39 is 13.6 Å². The van der Waals surface area contributed by atoms with Crippen LogP contribution in [0.4, 0.5) is 0 Å². The number of unbranched alkanes of at least 4 members (excludes halogenated alkanes) is 2. The van der Waals surface area contributed by atoms with Crippen LogP contribution in [-0.2, 0) is 9.36 Å². The Bertz CT molecular complexity index is 824. The summed E-state index contributed by atoms with van der Waals surface area (Å²) in [4.78, 5) is 32.7. The molecule has 0 aromatic heterocycles. The highest BCUT2D eigenvalue weighted by Crippen LogP contribution is 2.41. The first-order valence-corrected chi connectivity index (χ1v) is 10.1. The molecule has 1 amide bonds. The molecule has 0 aliphatic rings. The predicted molar refractivity (Wildman–Crippen MR) is 101 cm³/mol. The monoisotopic (exact) mass is 391 g/mol. The highest BCUT2D eigenvalue weighted by Gasteiger charge is 2.24. The minimum atomic E-state index is -4.04. The van der Waals surface area contributed by atoms with E-state index in [9.17, 15) is 19.0 Å². The Morgan fingerprint density at radius 2 is 1.74 bits per heavy atom. The third-order valence-electron chi connectivity index (χ3n) is 3.76. The maximum atomic E-state index is 12.4. The molecule has 2 aromatic rings. The number of hydrogen-bond donors (Lipinski definition) is 3. The van der Waals surface area contributed by atoms with E-state index in [4.69, 9.17) is 9.63 Å². The smallest absolute Gasteiger partial charge is 0.408 e. The SMILES string of the molecule is O=C(O)CCCCCNC(=O)c1cccc(OP(=O)(O)c2ccccc2)c1. The van der Waals surface area contributed by atoms with Crippen molar-refractivity contribution in [1.82, 2.24) is 5.32 Å². The second-order valence-corrected chi connectivity index (χ2v) is 7.68. The molecule has 1 unspecified atom stereocenters. The molecule has 8 heteroatoms. The Morgan fingerprint density at radius 1 is 1.00 bits per heavy atom. The van der Waals surface area contributed by atoms with E-state index in [0.717, 1.165) is 0 Å². The molecular weight excluding hydrogens is 369 g/mol. The molecular formula is C19H22NO6P. The summed E-state index contributed by atoms with van der Waals surface area (Å²) in [6, 6.07) is 14.1. The van der Waals surface area contributed by atoms with Gasteiger partial charge in [-0.25, -0.2) is 4.57 Å². The number of carbonyl (C=O) groups is 2. The van der Waals surface area contributed by atoms with Crippen molar-refractivity contribution in [3.8, 4) is 5.75 Å². The van der Waals surface area contributed by atoms with Crippen molar-refractivity contribution in [2.24, 2.45) is 0 Å². The number of rotatable bonds is 10. The molecule has 27 heavy (non-hydrogen) atoms. The average molecular weight is 391 g/mol. The van der Waals surface area contributed by atoms with Crippen LogP contribution in [-0.4, -0.2) is 28.4 Å². The third-order valence-corrected chi connectivity index (χ3v) is 5.17. The molecule has 0 radical (unpaired) electrons. The van der Waals surface area contributed by atoms with Gasteiger partial charge in [0.05, 0.1) is 5.30 Å². The van der Waals surface area contributed by atoms with Crippen LogP contribution in [0, 0.1) is 0 Å². The molecule has 0 bridgehead atoms. The van der Waals surface area contributed by atoms with E-state index in [0.29, 0.717) is 31.4 Å². The number of carbonyl (C=O) groups excluding carboxylic acids is 1. The van der Waals surface area contributed by atoms with Gasteiger partial charge in [-0.2, -0.15) is 0 Å². The highest BCUT2D eigenvalue weighted by atomic mass is 31.2. The summed E-state index contributed by atoms with van der Waals surface area (Å²) in [6.07, 6.45) is 2.07. The lowest BCUT2D eigenvalue weighted by atomic mass is 10.2. The molecule has 0 heterocycles. The number of carboxylic acids is 1. The Labute approximate surface area is 157 Å². The number of carboxylic acid groups (broad SMARTS) is 1. The van der Waals surface area contributed by atoms with Crippen LogP contribution < -0.4 is 15.1 Å². The number of amides is 1. The summed E-state index contributed by atoms with van der Waals surface area (Å²) in [5, 5.41) is 11.5. The second-order valence-electron chi connectivity index (χ2n) is 5.94. The Balaban J connectivity index is 1.90. The minimum absolute atomic E-state index is 0.121. The lowest BCUT2D eigenvalue weighted by Crippen LogP contribution is -2.24. The zero-order chi connectivity index (χ0) is 19.7. The van der Waals surface area contributed by atoms with Gasteiger partial charge in [-0.05, 0) is 43.2 Å². The molecule has 0 saturated carbocycles. The van der Waals surface area contributed by atoms with Crippen LogP contribution in [0.15, 0.2) is 54.6 Å². The molecule has 0 fully saturated rings. The maximum Gasteiger partial charge on any atom is 0.408 e. The molecule has 0 aliphatic carbocycles. The average Bonchev–Trinajstić information content (AvgIpc) is 2.64. The summed E-state index contributed by atoms with van der Waals surface area (Å²) in [6.45, 7) is 0.423. The lowest BCUT2D eigenvalue weighted by molar-refractivity contribution is -0.137. The van der Waals surface area contributed by atoms with E-state index in [-0.39, 0.29) is 23.4 Å². The van der Waals surface area contributed by atoms with Crippen molar-refractivity contribution in [3.05, 3.63) is 60.2 Å². The molecule has 0 aliphatic heterocycles. The number of benzene rings is 2. The Kier molecular flexibility index (Phi) is 7.58. The minimum Gasteiger partial charge on any atom is -0.481 e. The molecule has 3 N–H and O–H groups in total. The quantitative estimate of drug-likeness (QED) is 0.424. The Morgan fingerprint density at radius 3 is 2.44 bits per heavy atom. The van der Waals surface area contributed by atoms with Crippen LogP contribution in [0.3, 0.4) is 0 Å². The van der Waals surface area contributed by atoms with Gasteiger partial charge in [-0.15, -0.1) is 0 Å². The molecule has 7 nitrogen and oxygen atoms in total. The Hall–Kier alpha value is -2.63. The maximum absolute atomic E-state index is 12.4. The van der Waals surface area contributed by atoms with Gasteiger partial charge in [0.2, 0.25) is 0 Å². The molecule has 2 rings (SSSR count). The van der Waals surface area contributed by atoms with Crippen molar-refractivity contribution in [1.29, 1.82) is 0 Å². The fourth-order valence-electron chi connectivity index (χ4n) is 2.39. The number of nitrogens with one attached hydrogen (secondary N) is 1. The van der Waals surface area contributed by atoms with Crippen molar-refractivity contribution in [2.75, 3.05) is 6.54 Å². The van der Waals surface area contributed by atoms with Gasteiger partial charge >= 0.3 is 13.6 Å². The first-order valence-electron chi connectivity index (χ1n) is 8.56. The van der Waals surface area contributed by atoms with Crippen LogP contribution >= 0.6 is 7.60 Å². The van der Waals surface area contributed by atoms with Gasteiger partial charge in [0.25, 0.3) is 5.91 Å². The van der Waals surface area contributed by atoms with Crippen molar-refractivity contribution in [2.45, 2.75) is 25.7 Å². The molecule has 1 atom stereocenters. The largest absolute Gasteiger partial charge is 0.481 e. The van der Waals surface area contributed by atoms with Crippen molar-refractivity contribution in [3.63, 3.8) is 0 Å². The normalized spacial score (nSPS) is 12.8. The summed E-state index contributed by atoms with van der Waals surface area (Å²) in [5.74, 6) is -1.03. The van der Waals surface area contributed by atoms with Crippen LogP contribution in [0.25, 0.3) is 0 Å². The van der Waals surface area contributed by atoms with Crippen LogP contribution in [0.1, 0.15) is 36.0 Å². The van der Waals surface area contributed by atoms with E-state index >= 15 is 0 Å². The van der Waals surface area contributed by atoms with Crippen molar-refractivity contribution >= 4 is 24.8 Å². The van der Waals surface area contributed by atoms with Crippen LogP contribution in [0.2, 0.25) is 0 Å². The van der Waals surface area contributed by atoms with E-state index in [1.54, 1.807) is 30.3 Å². The first kappa shape index (κ1) is 20.7. The van der Waals surface area contributed by atoms with E-state index in [1.165, 1.54) is 24.3 Å². The first-order chi connectivity index (χ1) is 12.9. The summed E-state index contributed by atoms with van der Waals surface area (Å²) in [7, 11) is -4.04. The topological polar surface area (TPSA) is 113 Å². The van der Waals surface area contributed by atoms with E-state index in [2.05, 4.69) is 5.32 Å². The standard InChI is InChI=1S/C19H22NO6P/c21-18(22)12-5-2-6-13-20-19(23)15-8-7-9-16(14-15)26-27(24,25)17-10-3-1-4-11-17/h1,3-4,7-11,14H,2,5-6,12-13H2,(H,20,23)(H,21,22)(H,24,25). The summed E-state index contributed by atoms with van der Waals surface area (Å²) >= 11 is 0. The van der Waals surface area contributed by atoms with E-state index in [1.807, 2.05) is 0 Å². The van der Waals surface area contributed by atoms with Gasteiger partial charge in [-0.1, -0.05) is 30.7 Å². The second kappa shape index (κ2) is 9.90. The third kappa shape index (κ3) is 6.89. The molecule has 144 valence electrons.